The topological polar surface area (TPSA) is 130 Å². The SMILES string of the molecule is O=C([O-])[C@@H]1O[C@@H](O)[C@@H](O)[C@H](O)[C@@H]1O. The fourth-order valence-corrected chi connectivity index (χ4v) is 1.06. The van der Waals surface area contributed by atoms with E-state index in [2.05, 4.69) is 4.74 Å². The largest absolute Gasteiger partial charge is 0.547 e. The van der Waals surface area contributed by atoms with Crippen molar-refractivity contribution >= 4 is 5.97 Å². The minimum atomic E-state index is -1.85. The molecule has 0 bridgehead atoms. The van der Waals surface area contributed by atoms with E-state index in [-0.39, 0.29) is 0 Å². The van der Waals surface area contributed by atoms with Crippen LogP contribution >= 0.6 is 0 Å². The zero-order valence-corrected chi connectivity index (χ0v) is 6.40. The zero-order chi connectivity index (χ0) is 10.2. The number of carbonyl (C=O) groups excluding carboxylic acids is 1. The zero-order valence-electron chi connectivity index (χ0n) is 6.40. The second kappa shape index (κ2) is 3.56. The van der Waals surface area contributed by atoms with Crippen molar-refractivity contribution in [2.24, 2.45) is 0 Å². The summed E-state index contributed by atoms with van der Waals surface area (Å²) < 4.78 is 4.28. The molecule has 7 nitrogen and oxygen atoms in total. The van der Waals surface area contributed by atoms with Gasteiger partial charge in [0.2, 0.25) is 0 Å². The normalized spacial score (nSPS) is 46.0. The Bertz CT molecular complexity index is 205. The molecular formula is C6H9O7-. The molecule has 0 unspecified atom stereocenters. The van der Waals surface area contributed by atoms with Crippen LogP contribution in [0.4, 0.5) is 0 Å². The highest BCUT2D eigenvalue weighted by Crippen LogP contribution is 2.19. The summed E-state index contributed by atoms with van der Waals surface area (Å²) in [5, 5.41) is 46.1. The first-order chi connectivity index (χ1) is 5.95. The maximum absolute atomic E-state index is 10.3. The standard InChI is InChI=1S/C6H10O7/c7-1-2(8)4(5(10)11)13-6(12)3(1)9/h1-4,6-9,12H,(H,10,11)/p-1/t1-,2+,3+,4-,6-/m1/s1. The lowest BCUT2D eigenvalue weighted by molar-refractivity contribution is -0.345. The van der Waals surface area contributed by atoms with E-state index in [9.17, 15) is 9.90 Å². The molecule has 76 valence electrons. The van der Waals surface area contributed by atoms with Crippen LogP contribution in [0.1, 0.15) is 0 Å². The van der Waals surface area contributed by atoms with Gasteiger partial charge >= 0.3 is 0 Å². The second-order valence-electron chi connectivity index (χ2n) is 2.74. The summed E-state index contributed by atoms with van der Waals surface area (Å²) >= 11 is 0. The van der Waals surface area contributed by atoms with Crippen molar-refractivity contribution in [3.63, 3.8) is 0 Å². The van der Waals surface area contributed by atoms with Gasteiger partial charge in [-0.15, -0.1) is 0 Å². The molecule has 5 atom stereocenters. The van der Waals surface area contributed by atoms with Crippen molar-refractivity contribution in [2.75, 3.05) is 0 Å². The molecule has 1 aliphatic rings. The van der Waals surface area contributed by atoms with Crippen molar-refractivity contribution in [3.05, 3.63) is 0 Å². The van der Waals surface area contributed by atoms with Crippen LogP contribution in [0.5, 0.6) is 0 Å². The average molecular weight is 193 g/mol. The van der Waals surface area contributed by atoms with E-state index in [1.54, 1.807) is 0 Å². The van der Waals surface area contributed by atoms with Gasteiger partial charge in [0, 0.05) is 0 Å². The van der Waals surface area contributed by atoms with Crippen molar-refractivity contribution < 1.29 is 35.1 Å². The summed E-state index contributed by atoms with van der Waals surface area (Å²) in [6.45, 7) is 0. The maximum atomic E-state index is 10.3. The molecule has 0 aromatic rings. The molecule has 0 aromatic heterocycles. The maximum Gasteiger partial charge on any atom is 0.184 e. The summed E-state index contributed by atoms with van der Waals surface area (Å²) in [5.41, 5.74) is 0. The molecular weight excluding hydrogens is 184 g/mol. The van der Waals surface area contributed by atoms with Gasteiger partial charge in [-0.3, -0.25) is 0 Å². The summed E-state index contributed by atoms with van der Waals surface area (Å²) in [6, 6.07) is 0. The van der Waals surface area contributed by atoms with Gasteiger partial charge in [0.15, 0.2) is 6.29 Å². The highest BCUT2D eigenvalue weighted by molar-refractivity contribution is 5.71. The van der Waals surface area contributed by atoms with Crippen LogP contribution in [0.2, 0.25) is 0 Å². The number of aliphatic hydroxyl groups excluding tert-OH is 4. The van der Waals surface area contributed by atoms with Crippen LogP contribution in [0.25, 0.3) is 0 Å². The number of hydrogen-bond acceptors (Lipinski definition) is 7. The lowest BCUT2D eigenvalue weighted by Gasteiger charge is -2.38. The number of carbonyl (C=O) groups is 1. The fraction of sp³-hybridized carbons (Fsp3) is 0.833. The fourth-order valence-electron chi connectivity index (χ4n) is 1.06. The van der Waals surface area contributed by atoms with Crippen molar-refractivity contribution in [2.45, 2.75) is 30.7 Å². The first-order valence-corrected chi connectivity index (χ1v) is 3.53. The number of aliphatic hydroxyl groups is 4. The Morgan fingerprint density at radius 1 is 1.08 bits per heavy atom. The predicted molar refractivity (Wildman–Crippen MR) is 33.9 cm³/mol. The molecule has 0 aliphatic carbocycles. The molecule has 4 N–H and O–H groups in total. The van der Waals surface area contributed by atoms with Crippen LogP contribution in [-0.2, 0) is 9.53 Å². The number of ether oxygens (including phenoxy) is 1. The number of carboxylic acids is 1. The highest BCUT2D eigenvalue weighted by Gasteiger charge is 2.43. The lowest BCUT2D eigenvalue weighted by atomic mass is 9.99. The van der Waals surface area contributed by atoms with Gasteiger partial charge in [-0.2, -0.15) is 0 Å². The van der Waals surface area contributed by atoms with Crippen LogP contribution in [-0.4, -0.2) is 57.1 Å². The van der Waals surface area contributed by atoms with Gasteiger partial charge < -0.3 is 35.1 Å². The quantitative estimate of drug-likeness (QED) is 0.330. The Kier molecular flexibility index (Phi) is 2.84. The summed E-state index contributed by atoms with van der Waals surface area (Å²) in [5.74, 6) is -1.77. The Morgan fingerprint density at radius 2 is 1.62 bits per heavy atom. The van der Waals surface area contributed by atoms with Gasteiger partial charge in [0.25, 0.3) is 0 Å². The molecule has 1 fully saturated rings. The van der Waals surface area contributed by atoms with Crippen molar-refractivity contribution in [1.82, 2.24) is 0 Å². The summed E-state index contributed by atoms with van der Waals surface area (Å²) in [4.78, 5) is 10.3. The van der Waals surface area contributed by atoms with E-state index < -0.39 is 36.7 Å². The summed E-state index contributed by atoms with van der Waals surface area (Å²) in [7, 11) is 0. The molecule has 7 heteroatoms. The molecule has 0 saturated carbocycles. The summed E-state index contributed by atoms with van der Waals surface area (Å²) in [6.07, 6.45) is -9.00. The minimum Gasteiger partial charge on any atom is -0.547 e. The van der Waals surface area contributed by atoms with E-state index in [0.29, 0.717) is 0 Å². The third kappa shape index (κ3) is 1.79. The smallest absolute Gasteiger partial charge is 0.184 e. The number of rotatable bonds is 1. The van der Waals surface area contributed by atoms with E-state index in [1.165, 1.54) is 0 Å². The molecule has 0 spiro atoms. The first kappa shape index (κ1) is 10.4. The molecule has 1 heterocycles. The molecule has 13 heavy (non-hydrogen) atoms. The Labute approximate surface area is 72.8 Å². The number of hydrogen-bond donors (Lipinski definition) is 4. The van der Waals surface area contributed by atoms with Crippen molar-refractivity contribution in [1.29, 1.82) is 0 Å². The number of carboxylic acid groups (broad SMARTS) is 1. The molecule has 1 rings (SSSR count). The predicted octanol–water partition coefficient (Wildman–Crippen LogP) is -4.46. The Balaban J connectivity index is 2.76. The van der Waals surface area contributed by atoms with Crippen molar-refractivity contribution in [3.8, 4) is 0 Å². The van der Waals surface area contributed by atoms with E-state index in [4.69, 9.17) is 20.4 Å². The molecule has 0 aromatic carbocycles. The van der Waals surface area contributed by atoms with E-state index in [1.807, 2.05) is 0 Å². The molecule has 1 saturated heterocycles. The Hall–Kier alpha value is -0.730. The first-order valence-electron chi connectivity index (χ1n) is 3.53. The number of aliphatic carboxylic acids is 1. The molecule has 0 amide bonds. The second-order valence-corrected chi connectivity index (χ2v) is 2.74. The monoisotopic (exact) mass is 193 g/mol. The van der Waals surface area contributed by atoms with E-state index in [0.717, 1.165) is 0 Å². The van der Waals surface area contributed by atoms with Crippen LogP contribution in [0.3, 0.4) is 0 Å². The van der Waals surface area contributed by atoms with Gasteiger partial charge in [-0.25, -0.2) is 0 Å². The Morgan fingerprint density at radius 3 is 2.08 bits per heavy atom. The van der Waals surface area contributed by atoms with Crippen LogP contribution < -0.4 is 5.11 Å². The van der Waals surface area contributed by atoms with Gasteiger partial charge in [-0.1, -0.05) is 0 Å². The van der Waals surface area contributed by atoms with Gasteiger partial charge in [0.05, 0.1) is 5.97 Å². The van der Waals surface area contributed by atoms with Gasteiger partial charge in [0.1, 0.15) is 24.4 Å². The minimum absolute atomic E-state index is 1.73. The van der Waals surface area contributed by atoms with Crippen LogP contribution in [0.15, 0.2) is 0 Å². The molecule has 0 radical (unpaired) electrons. The average Bonchev–Trinajstić information content (AvgIpc) is 2.07. The third-order valence-electron chi connectivity index (χ3n) is 1.82. The van der Waals surface area contributed by atoms with E-state index >= 15 is 0 Å². The molecule has 1 aliphatic heterocycles. The van der Waals surface area contributed by atoms with Gasteiger partial charge in [-0.05, 0) is 0 Å². The van der Waals surface area contributed by atoms with Crippen LogP contribution in [0, 0.1) is 0 Å². The highest BCUT2D eigenvalue weighted by atomic mass is 16.6. The third-order valence-corrected chi connectivity index (χ3v) is 1.82. The lowest BCUT2D eigenvalue weighted by Crippen LogP contribution is -2.62.